The number of nitrogens with one attached hydrogen (secondary N) is 1. The first-order valence-electron chi connectivity index (χ1n) is 8.49. The molecule has 0 bridgehead atoms. The Morgan fingerprint density at radius 2 is 1.70 bits per heavy atom. The van der Waals surface area contributed by atoms with Crippen molar-refractivity contribution in [3.8, 4) is 0 Å². The molecule has 0 saturated carbocycles. The number of benzene rings is 2. The van der Waals surface area contributed by atoms with Gasteiger partial charge in [-0.1, -0.05) is 6.07 Å². The van der Waals surface area contributed by atoms with Crippen molar-refractivity contribution in [2.45, 2.75) is 25.4 Å². The molecule has 2 aromatic carbocycles. The number of amides is 1. The van der Waals surface area contributed by atoms with Crippen molar-refractivity contribution in [1.29, 1.82) is 0 Å². The third kappa shape index (κ3) is 4.20. The largest absolute Gasteiger partial charge is 0.416 e. The van der Waals surface area contributed by atoms with E-state index < -0.39 is 34.8 Å². The van der Waals surface area contributed by atoms with Crippen LogP contribution in [0, 0.1) is 11.6 Å². The third-order valence-electron chi connectivity index (χ3n) is 4.47. The van der Waals surface area contributed by atoms with E-state index in [0.29, 0.717) is 18.8 Å². The van der Waals surface area contributed by atoms with Crippen LogP contribution in [-0.2, 0) is 6.18 Å². The minimum absolute atomic E-state index is 0.0830. The standard InChI is InChI=1S/C19H17F5N2O/c20-14-6-4-5-13(17(14)21)18(27)25-15-11-12(19(22,23)24)7-8-16(15)26-9-2-1-3-10-26/h4-8,11H,1-3,9-10H2,(H,25,27). The molecule has 0 unspecified atom stereocenters. The van der Waals surface area contributed by atoms with E-state index in [2.05, 4.69) is 5.32 Å². The Bertz CT molecular complexity index is 844. The molecule has 0 spiro atoms. The minimum atomic E-state index is -4.59. The highest BCUT2D eigenvalue weighted by Gasteiger charge is 2.32. The average molecular weight is 384 g/mol. The smallest absolute Gasteiger partial charge is 0.370 e. The van der Waals surface area contributed by atoms with Crippen LogP contribution in [0.15, 0.2) is 36.4 Å². The Kier molecular flexibility index (Phi) is 5.34. The van der Waals surface area contributed by atoms with Gasteiger partial charge in [0.1, 0.15) is 0 Å². The van der Waals surface area contributed by atoms with Crippen LogP contribution < -0.4 is 10.2 Å². The Balaban J connectivity index is 1.97. The van der Waals surface area contributed by atoms with Gasteiger partial charge < -0.3 is 10.2 Å². The van der Waals surface area contributed by atoms with Gasteiger partial charge in [0, 0.05) is 13.1 Å². The summed E-state index contributed by atoms with van der Waals surface area (Å²) in [7, 11) is 0. The topological polar surface area (TPSA) is 32.3 Å². The lowest BCUT2D eigenvalue weighted by Gasteiger charge is -2.31. The maximum absolute atomic E-state index is 13.9. The second-order valence-corrected chi connectivity index (χ2v) is 6.33. The molecule has 0 atom stereocenters. The van der Waals surface area contributed by atoms with E-state index in [1.54, 1.807) is 0 Å². The molecule has 0 aliphatic carbocycles. The van der Waals surface area contributed by atoms with E-state index in [9.17, 15) is 26.7 Å². The highest BCUT2D eigenvalue weighted by Crippen LogP contribution is 2.36. The molecule has 1 heterocycles. The van der Waals surface area contributed by atoms with Gasteiger partial charge in [0.05, 0.1) is 22.5 Å². The molecule has 1 aliphatic heterocycles. The summed E-state index contributed by atoms with van der Waals surface area (Å²) in [6, 6.07) is 6.15. The number of hydrogen-bond acceptors (Lipinski definition) is 2. The van der Waals surface area contributed by atoms with E-state index >= 15 is 0 Å². The van der Waals surface area contributed by atoms with Gasteiger partial charge >= 0.3 is 6.18 Å². The van der Waals surface area contributed by atoms with Crippen LogP contribution in [0.1, 0.15) is 35.2 Å². The molecule has 1 amide bonds. The molecule has 27 heavy (non-hydrogen) atoms. The van der Waals surface area contributed by atoms with Crippen LogP contribution in [0.25, 0.3) is 0 Å². The molecule has 1 fully saturated rings. The van der Waals surface area contributed by atoms with Crippen LogP contribution in [-0.4, -0.2) is 19.0 Å². The van der Waals surface area contributed by atoms with Crippen molar-refractivity contribution in [1.82, 2.24) is 0 Å². The fourth-order valence-electron chi connectivity index (χ4n) is 3.09. The average Bonchev–Trinajstić information content (AvgIpc) is 2.64. The van der Waals surface area contributed by atoms with E-state index in [-0.39, 0.29) is 5.69 Å². The van der Waals surface area contributed by atoms with Gasteiger partial charge in [-0.15, -0.1) is 0 Å². The second-order valence-electron chi connectivity index (χ2n) is 6.33. The molecule has 2 aromatic rings. The highest BCUT2D eigenvalue weighted by atomic mass is 19.4. The minimum Gasteiger partial charge on any atom is -0.370 e. The number of carbonyl (C=O) groups excluding carboxylic acids is 1. The van der Waals surface area contributed by atoms with Gasteiger partial charge in [-0.2, -0.15) is 13.2 Å². The first-order chi connectivity index (χ1) is 12.8. The SMILES string of the molecule is O=C(Nc1cc(C(F)(F)F)ccc1N1CCCCC1)c1cccc(F)c1F. The number of anilines is 2. The number of alkyl halides is 3. The summed E-state index contributed by atoms with van der Waals surface area (Å²) in [4.78, 5) is 14.2. The summed E-state index contributed by atoms with van der Waals surface area (Å²) >= 11 is 0. The molecule has 144 valence electrons. The zero-order valence-corrected chi connectivity index (χ0v) is 14.2. The number of carbonyl (C=O) groups is 1. The fourth-order valence-corrected chi connectivity index (χ4v) is 3.09. The monoisotopic (exact) mass is 384 g/mol. The summed E-state index contributed by atoms with van der Waals surface area (Å²) < 4.78 is 66.5. The molecule has 0 radical (unpaired) electrons. The molecular weight excluding hydrogens is 367 g/mol. The van der Waals surface area contributed by atoms with E-state index in [4.69, 9.17) is 0 Å². The van der Waals surface area contributed by atoms with Crippen LogP contribution >= 0.6 is 0 Å². The Morgan fingerprint density at radius 3 is 2.37 bits per heavy atom. The Labute approximate surface area is 152 Å². The number of hydrogen-bond donors (Lipinski definition) is 1. The zero-order chi connectivity index (χ0) is 19.6. The highest BCUT2D eigenvalue weighted by molar-refractivity contribution is 6.06. The summed E-state index contributed by atoms with van der Waals surface area (Å²) in [5, 5.41) is 2.32. The molecule has 1 N–H and O–H groups in total. The number of nitrogens with zero attached hydrogens (tertiary/aromatic N) is 1. The van der Waals surface area contributed by atoms with Gasteiger partial charge in [-0.05, 0) is 49.6 Å². The summed E-state index contributed by atoms with van der Waals surface area (Å²) in [5.74, 6) is -3.56. The summed E-state index contributed by atoms with van der Waals surface area (Å²) in [6.45, 7) is 1.28. The molecule has 3 nitrogen and oxygen atoms in total. The number of halogens is 5. The van der Waals surface area contributed by atoms with Gasteiger partial charge in [0.2, 0.25) is 0 Å². The van der Waals surface area contributed by atoms with Crippen LogP contribution in [0.5, 0.6) is 0 Å². The number of piperidine rings is 1. The predicted octanol–water partition coefficient (Wildman–Crippen LogP) is 5.23. The summed E-state index contributed by atoms with van der Waals surface area (Å²) in [6.07, 6.45) is -1.81. The van der Waals surface area contributed by atoms with Crippen molar-refractivity contribution < 1.29 is 26.7 Å². The van der Waals surface area contributed by atoms with E-state index in [1.165, 1.54) is 6.07 Å². The fraction of sp³-hybridized carbons (Fsp3) is 0.316. The normalized spacial score (nSPS) is 14.9. The lowest BCUT2D eigenvalue weighted by molar-refractivity contribution is -0.137. The molecule has 8 heteroatoms. The summed E-state index contributed by atoms with van der Waals surface area (Å²) in [5.41, 5.74) is -1.16. The third-order valence-corrected chi connectivity index (χ3v) is 4.47. The second kappa shape index (κ2) is 7.54. The van der Waals surface area contributed by atoms with Crippen LogP contribution in [0.4, 0.5) is 33.3 Å². The maximum Gasteiger partial charge on any atom is 0.416 e. The lowest BCUT2D eigenvalue weighted by atomic mass is 10.1. The number of rotatable bonds is 3. The first-order valence-corrected chi connectivity index (χ1v) is 8.49. The van der Waals surface area contributed by atoms with Crippen molar-refractivity contribution in [2.24, 2.45) is 0 Å². The molecule has 0 aromatic heterocycles. The molecule has 3 rings (SSSR count). The van der Waals surface area contributed by atoms with Crippen molar-refractivity contribution in [3.63, 3.8) is 0 Å². The zero-order valence-electron chi connectivity index (χ0n) is 14.2. The maximum atomic E-state index is 13.9. The quantitative estimate of drug-likeness (QED) is 0.736. The van der Waals surface area contributed by atoms with Gasteiger partial charge in [-0.25, -0.2) is 8.78 Å². The Hall–Kier alpha value is -2.64. The molecular formula is C19H17F5N2O. The van der Waals surface area contributed by atoms with Crippen molar-refractivity contribution in [3.05, 3.63) is 59.2 Å². The van der Waals surface area contributed by atoms with Crippen LogP contribution in [0.2, 0.25) is 0 Å². The molecule has 1 aliphatic rings. The van der Waals surface area contributed by atoms with Crippen molar-refractivity contribution in [2.75, 3.05) is 23.3 Å². The lowest BCUT2D eigenvalue weighted by Crippen LogP contribution is -2.30. The molecule has 1 saturated heterocycles. The first kappa shape index (κ1) is 19.1. The van der Waals surface area contributed by atoms with Gasteiger partial charge in [0.25, 0.3) is 5.91 Å². The van der Waals surface area contributed by atoms with Crippen molar-refractivity contribution >= 4 is 17.3 Å². The van der Waals surface area contributed by atoms with Crippen LogP contribution in [0.3, 0.4) is 0 Å². The van der Waals surface area contributed by atoms with E-state index in [1.807, 2.05) is 4.90 Å². The predicted molar refractivity (Wildman–Crippen MR) is 91.8 cm³/mol. The van der Waals surface area contributed by atoms with Gasteiger partial charge in [0.15, 0.2) is 11.6 Å². The Morgan fingerprint density at radius 1 is 1.00 bits per heavy atom. The van der Waals surface area contributed by atoms with Gasteiger partial charge in [-0.3, -0.25) is 4.79 Å². The van der Waals surface area contributed by atoms with E-state index in [0.717, 1.165) is 49.6 Å².